The number of aliphatic imine (C=N–C) groups is 1. The van der Waals surface area contributed by atoms with Gasteiger partial charge in [-0.15, -0.1) is 24.0 Å². The Morgan fingerprint density at radius 3 is 2.54 bits per heavy atom. The van der Waals surface area contributed by atoms with Crippen molar-refractivity contribution < 1.29 is 4.74 Å². The molecule has 136 valence electrons. The molecule has 0 saturated heterocycles. The van der Waals surface area contributed by atoms with Gasteiger partial charge in [0.15, 0.2) is 5.96 Å². The lowest BCUT2D eigenvalue weighted by molar-refractivity contribution is 0.128. The highest BCUT2D eigenvalue weighted by molar-refractivity contribution is 14.0. The van der Waals surface area contributed by atoms with Gasteiger partial charge < -0.3 is 15.0 Å². The van der Waals surface area contributed by atoms with Crippen LogP contribution in [0.1, 0.15) is 31.7 Å². The third kappa shape index (κ3) is 6.76. The number of hydrogen-bond acceptors (Lipinski definition) is 2. The fourth-order valence-corrected chi connectivity index (χ4v) is 2.84. The van der Waals surface area contributed by atoms with Gasteiger partial charge in [0.25, 0.3) is 0 Å². The van der Waals surface area contributed by atoms with E-state index >= 15 is 0 Å². The van der Waals surface area contributed by atoms with Crippen molar-refractivity contribution in [2.24, 2.45) is 10.4 Å². The van der Waals surface area contributed by atoms with Crippen molar-refractivity contribution in [2.45, 2.75) is 32.7 Å². The average molecular weight is 466 g/mol. The minimum Gasteiger partial charge on any atom is -0.382 e. The Bertz CT molecular complexity index is 518. The Kier molecular flexibility index (Phi) is 9.37. The number of guanidine groups is 1. The van der Waals surface area contributed by atoms with Gasteiger partial charge in [-0.1, -0.05) is 23.7 Å². The molecule has 2 rings (SSSR count). The lowest BCUT2D eigenvalue weighted by Gasteiger charge is -2.24. The van der Waals surface area contributed by atoms with Gasteiger partial charge in [-0.25, -0.2) is 0 Å². The lowest BCUT2D eigenvalue weighted by atomic mass is 10.0. The van der Waals surface area contributed by atoms with Crippen LogP contribution in [0, 0.1) is 5.41 Å². The summed E-state index contributed by atoms with van der Waals surface area (Å²) in [6.07, 6.45) is 3.70. The second kappa shape index (κ2) is 10.5. The monoisotopic (exact) mass is 465 g/mol. The quantitative estimate of drug-likeness (QED) is 0.271. The molecular weight excluding hydrogens is 437 g/mol. The first-order chi connectivity index (χ1) is 11.1. The number of rotatable bonds is 8. The molecule has 6 heteroatoms. The molecule has 1 aliphatic carbocycles. The van der Waals surface area contributed by atoms with Crippen LogP contribution >= 0.6 is 35.6 Å². The Morgan fingerprint density at radius 1 is 1.33 bits per heavy atom. The molecule has 0 aromatic heterocycles. The van der Waals surface area contributed by atoms with Crippen molar-refractivity contribution >= 4 is 41.5 Å². The van der Waals surface area contributed by atoms with Gasteiger partial charge in [0.2, 0.25) is 0 Å². The zero-order valence-corrected chi connectivity index (χ0v) is 17.9. The molecule has 0 radical (unpaired) electrons. The summed E-state index contributed by atoms with van der Waals surface area (Å²) >= 11 is 5.94. The van der Waals surface area contributed by atoms with E-state index in [1.54, 1.807) is 0 Å². The Balaban J connectivity index is 0.00000288. The fraction of sp³-hybridized carbons (Fsp3) is 0.611. The van der Waals surface area contributed by atoms with Crippen LogP contribution in [-0.4, -0.2) is 44.7 Å². The molecule has 1 saturated carbocycles. The van der Waals surface area contributed by atoms with Crippen molar-refractivity contribution in [2.75, 3.05) is 33.9 Å². The number of nitrogens with zero attached hydrogens (tertiary/aromatic N) is 2. The topological polar surface area (TPSA) is 36.9 Å². The molecule has 0 aliphatic heterocycles. The minimum atomic E-state index is 0. The van der Waals surface area contributed by atoms with Crippen molar-refractivity contribution in [3.8, 4) is 0 Å². The predicted octanol–water partition coefficient (Wildman–Crippen LogP) is 4.17. The summed E-state index contributed by atoms with van der Waals surface area (Å²) < 4.78 is 5.50. The molecule has 1 aromatic carbocycles. The van der Waals surface area contributed by atoms with E-state index in [-0.39, 0.29) is 24.0 Å². The summed E-state index contributed by atoms with van der Waals surface area (Å²) in [5.41, 5.74) is 1.63. The normalized spacial score (nSPS) is 15.6. The van der Waals surface area contributed by atoms with Gasteiger partial charge in [0, 0.05) is 45.4 Å². The molecule has 0 heterocycles. The van der Waals surface area contributed by atoms with Gasteiger partial charge in [-0.05, 0) is 49.3 Å². The van der Waals surface area contributed by atoms with Gasteiger partial charge in [0.1, 0.15) is 0 Å². The zero-order chi connectivity index (χ0) is 16.7. The Morgan fingerprint density at radius 2 is 2.00 bits per heavy atom. The van der Waals surface area contributed by atoms with Crippen molar-refractivity contribution in [3.05, 3.63) is 34.9 Å². The first kappa shape index (κ1) is 21.5. The second-order valence-corrected chi connectivity index (χ2v) is 6.77. The largest absolute Gasteiger partial charge is 0.382 e. The highest BCUT2D eigenvalue weighted by Gasteiger charge is 2.42. The van der Waals surface area contributed by atoms with Gasteiger partial charge in [-0.2, -0.15) is 0 Å². The average Bonchev–Trinajstić information content (AvgIpc) is 3.31. The highest BCUT2D eigenvalue weighted by atomic mass is 127. The van der Waals surface area contributed by atoms with Crippen LogP contribution in [0.4, 0.5) is 0 Å². The van der Waals surface area contributed by atoms with Crippen LogP contribution in [0.25, 0.3) is 0 Å². The molecule has 24 heavy (non-hydrogen) atoms. The first-order valence-electron chi connectivity index (χ1n) is 8.32. The van der Waals surface area contributed by atoms with E-state index in [2.05, 4.69) is 34.4 Å². The standard InChI is InChI=1S/C18H28ClN3O.HI/c1-4-23-12-11-18(9-10-18)14-21-17(20-2)22(3)13-15-5-7-16(19)8-6-15;/h5-8H,4,9-14H2,1-3H3,(H,20,21);1H. The highest BCUT2D eigenvalue weighted by Crippen LogP contribution is 2.48. The third-order valence-corrected chi connectivity index (χ3v) is 4.72. The summed E-state index contributed by atoms with van der Waals surface area (Å²) in [5.74, 6) is 0.933. The maximum Gasteiger partial charge on any atom is 0.193 e. The summed E-state index contributed by atoms with van der Waals surface area (Å²) in [7, 11) is 3.89. The van der Waals surface area contributed by atoms with E-state index in [0.29, 0.717) is 5.41 Å². The van der Waals surface area contributed by atoms with Crippen LogP contribution in [0.2, 0.25) is 5.02 Å². The Labute approximate surface area is 168 Å². The molecule has 0 amide bonds. The summed E-state index contributed by atoms with van der Waals surface area (Å²) in [6.45, 7) is 5.48. The van der Waals surface area contributed by atoms with Crippen molar-refractivity contribution in [1.29, 1.82) is 0 Å². The predicted molar refractivity (Wildman–Crippen MR) is 112 cm³/mol. The van der Waals surface area contributed by atoms with E-state index in [4.69, 9.17) is 16.3 Å². The van der Waals surface area contributed by atoms with Crippen molar-refractivity contribution in [3.63, 3.8) is 0 Å². The molecular formula is C18H29ClIN3O. The van der Waals surface area contributed by atoms with Crippen molar-refractivity contribution in [1.82, 2.24) is 10.2 Å². The molecule has 0 bridgehead atoms. The molecule has 0 spiro atoms. The molecule has 1 aromatic rings. The number of halogens is 2. The summed E-state index contributed by atoms with van der Waals surface area (Å²) in [6, 6.07) is 7.95. The number of ether oxygens (including phenoxy) is 1. The van der Waals surface area contributed by atoms with E-state index in [1.807, 2.05) is 26.1 Å². The van der Waals surface area contributed by atoms with Crippen LogP contribution in [-0.2, 0) is 11.3 Å². The molecule has 0 atom stereocenters. The maximum absolute atomic E-state index is 5.94. The Hall–Kier alpha value is -0.530. The molecule has 1 fully saturated rings. The fourth-order valence-electron chi connectivity index (χ4n) is 2.71. The van der Waals surface area contributed by atoms with Crippen LogP contribution < -0.4 is 5.32 Å². The van der Waals surface area contributed by atoms with Crippen LogP contribution in [0.3, 0.4) is 0 Å². The lowest BCUT2D eigenvalue weighted by Crippen LogP contribution is -2.41. The molecule has 1 aliphatic rings. The smallest absolute Gasteiger partial charge is 0.193 e. The number of nitrogens with one attached hydrogen (secondary N) is 1. The summed E-state index contributed by atoms with van der Waals surface area (Å²) in [4.78, 5) is 6.54. The van der Waals surface area contributed by atoms with Gasteiger partial charge in [0.05, 0.1) is 0 Å². The summed E-state index contributed by atoms with van der Waals surface area (Å²) in [5, 5.41) is 4.29. The number of benzene rings is 1. The SMILES string of the molecule is CCOCCC1(CNC(=NC)N(C)Cc2ccc(Cl)cc2)CC1.I. The maximum atomic E-state index is 5.94. The van der Waals surface area contributed by atoms with Crippen LogP contribution in [0.15, 0.2) is 29.3 Å². The number of hydrogen-bond donors (Lipinski definition) is 1. The third-order valence-electron chi connectivity index (χ3n) is 4.47. The first-order valence-corrected chi connectivity index (χ1v) is 8.70. The molecule has 4 nitrogen and oxygen atoms in total. The minimum absolute atomic E-state index is 0. The van der Waals surface area contributed by atoms with Crippen LogP contribution in [0.5, 0.6) is 0 Å². The molecule has 0 unspecified atom stereocenters. The zero-order valence-electron chi connectivity index (χ0n) is 14.8. The van der Waals surface area contributed by atoms with E-state index in [9.17, 15) is 0 Å². The van der Waals surface area contributed by atoms with Gasteiger partial charge in [-0.3, -0.25) is 4.99 Å². The van der Waals surface area contributed by atoms with E-state index in [1.165, 1.54) is 18.4 Å². The van der Waals surface area contributed by atoms with Gasteiger partial charge >= 0.3 is 0 Å². The molecule has 1 N–H and O–H groups in total. The second-order valence-electron chi connectivity index (χ2n) is 6.33. The van der Waals surface area contributed by atoms with E-state index in [0.717, 1.165) is 43.7 Å². The van der Waals surface area contributed by atoms with E-state index < -0.39 is 0 Å².